The van der Waals surface area contributed by atoms with E-state index in [2.05, 4.69) is 4.98 Å². The van der Waals surface area contributed by atoms with Crippen molar-refractivity contribution in [1.82, 2.24) is 4.98 Å². The van der Waals surface area contributed by atoms with E-state index in [0.29, 0.717) is 19.1 Å². The number of hydrogen-bond acceptors (Lipinski definition) is 5. The summed E-state index contributed by atoms with van der Waals surface area (Å²) in [5.41, 5.74) is 0.229. The molecule has 3 rings (SSSR count). The van der Waals surface area contributed by atoms with E-state index in [4.69, 9.17) is 18.8 Å². The Morgan fingerprint density at radius 1 is 1.15 bits per heavy atom. The summed E-state index contributed by atoms with van der Waals surface area (Å²) in [7, 11) is -0.381. The van der Waals surface area contributed by atoms with Crippen molar-refractivity contribution in [2.45, 2.75) is 45.0 Å². The zero-order chi connectivity index (χ0) is 14.4. The minimum Gasteiger partial charge on any atom is -0.469 e. The zero-order valence-electron chi connectivity index (χ0n) is 12.4. The lowest BCUT2D eigenvalue weighted by Gasteiger charge is -2.32. The van der Waals surface area contributed by atoms with Crippen molar-refractivity contribution in [3.63, 3.8) is 0 Å². The number of nitrogens with zero attached hydrogens (tertiary/aromatic N) is 1. The number of hydrogen-bond donors (Lipinski definition) is 0. The molecule has 0 radical (unpaired) electrons. The molecular weight excluding hydrogens is 257 g/mol. The number of ether oxygens (including phenoxy) is 2. The Kier molecular flexibility index (Phi) is 3.27. The summed E-state index contributed by atoms with van der Waals surface area (Å²) < 4.78 is 22.7. The van der Waals surface area contributed by atoms with Gasteiger partial charge in [0.05, 0.1) is 24.4 Å². The monoisotopic (exact) mass is 277 g/mol. The predicted molar refractivity (Wildman–Crippen MR) is 75.2 cm³/mol. The fourth-order valence-electron chi connectivity index (χ4n) is 2.03. The number of rotatable bonds is 3. The highest BCUT2D eigenvalue weighted by atomic mass is 16.7. The van der Waals surface area contributed by atoms with Gasteiger partial charge in [-0.25, -0.2) is 4.98 Å². The Hall–Kier alpha value is -1.11. The van der Waals surface area contributed by atoms with Gasteiger partial charge < -0.3 is 18.8 Å². The Morgan fingerprint density at radius 3 is 2.25 bits per heavy atom. The largest absolute Gasteiger partial charge is 0.496 e. The second-order valence-electron chi connectivity index (χ2n) is 6.30. The smallest absolute Gasteiger partial charge is 0.469 e. The van der Waals surface area contributed by atoms with Crippen LogP contribution >= 0.6 is 0 Å². The van der Waals surface area contributed by atoms with Crippen molar-refractivity contribution in [2.24, 2.45) is 0 Å². The molecule has 2 aliphatic rings. The Balaban J connectivity index is 1.69. The summed E-state index contributed by atoms with van der Waals surface area (Å²) in [4.78, 5) is 4.30. The van der Waals surface area contributed by atoms with Gasteiger partial charge in [0.1, 0.15) is 6.10 Å². The molecule has 0 unspecified atom stereocenters. The van der Waals surface area contributed by atoms with Crippen LogP contribution in [0.5, 0.6) is 5.88 Å². The lowest BCUT2D eigenvalue weighted by atomic mass is 9.80. The lowest BCUT2D eigenvalue weighted by Crippen LogP contribution is -2.41. The number of aromatic nitrogens is 1. The van der Waals surface area contributed by atoms with E-state index in [1.54, 1.807) is 6.20 Å². The fraction of sp³-hybridized carbons (Fsp3) is 0.643. The third kappa shape index (κ3) is 2.43. The topological polar surface area (TPSA) is 49.8 Å². The standard InChI is InChI=1S/C14H20BNO4/c1-13(2)14(3,4)20-15(19-13)10-5-6-12(16-7-10)18-11-8-17-9-11/h5-7,11H,8-9H2,1-4H3. The molecule has 0 amide bonds. The molecule has 2 saturated heterocycles. The van der Waals surface area contributed by atoms with Crippen LogP contribution < -0.4 is 10.2 Å². The molecule has 0 N–H and O–H groups in total. The van der Waals surface area contributed by atoms with Crippen LogP contribution in [0.1, 0.15) is 27.7 Å². The molecule has 20 heavy (non-hydrogen) atoms. The van der Waals surface area contributed by atoms with Gasteiger partial charge in [-0.3, -0.25) is 0 Å². The van der Waals surface area contributed by atoms with Gasteiger partial charge >= 0.3 is 7.12 Å². The van der Waals surface area contributed by atoms with Crippen LogP contribution in [-0.4, -0.2) is 42.6 Å². The third-order valence-electron chi connectivity index (χ3n) is 4.18. The van der Waals surface area contributed by atoms with Crippen LogP contribution in [0.2, 0.25) is 0 Å². The van der Waals surface area contributed by atoms with Crippen molar-refractivity contribution < 1.29 is 18.8 Å². The molecule has 1 aromatic heterocycles. The molecule has 0 atom stereocenters. The molecule has 6 heteroatoms. The molecular formula is C14H20BNO4. The minimum absolute atomic E-state index is 0.130. The maximum atomic E-state index is 5.98. The van der Waals surface area contributed by atoms with Gasteiger partial charge in [0.15, 0.2) is 0 Å². The van der Waals surface area contributed by atoms with Gasteiger partial charge in [0, 0.05) is 11.7 Å². The van der Waals surface area contributed by atoms with E-state index in [9.17, 15) is 0 Å². The van der Waals surface area contributed by atoms with Gasteiger partial charge in [-0.05, 0) is 33.8 Å². The molecule has 2 fully saturated rings. The molecule has 0 saturated carbocycles. The normalized spacial score (nSPS) is 24.5. The molecule has 0 aromatic carbocycles. The lowest BCUT2D eigenvalue weighted by molar-refractivity contribution is -0.0813. The zero-order valence-corrected chi connectivity index (χ0v) is 12.4. The predicted octanol–water partition coefficient (Wildman–Crippen LogP) is 1.16. The Labute approximate surface area is 119 Å². The van der Waals surface area contributed by atoms with Gasteiger partial charge in [-0.15, -0.1) is 0 Å². The summed E-state index contributed by atoms with van der Waals surface area (Å²) in [5.74, 6) is 0.610. The van der Waals surface area contributed by atoms with Gasteiger partial charge in [-0.1, -0.05) is 6.07 Å². The van der Waals surface area contributed by atoms with Crippen LogP contribution in [-0.2, 0) is 14.0 Å². The molecule has 2 aliphatic heterocycles. The number of pyridine rings is 1. The van der Waals surface area contributed by atoms with Crippen molar-refractivity contribution >= 4 is 12.6 Å². The van der Waals surface area contributed by atoms with Gasteiger partial charge in [0.25, 0.3) is 0 Å². The van der Waals surface area contributed by atoms with Crippen molar-refractivity contribution in [1.29, 1.82) is 0 Å². The first-order valence-electron chi connectivity index (χ1n) is 6.93. The van der Waals surface area contributed by atoms with Crippen LogP contribution in [0.4, 0.5) is 0 Å². The average Bonchev–Trinajstić information content (AvgIpc) is 2.54. The molecule has 5 nitrogen and oxygen atoms in total. The summed E-state index contributed by atoms with van der Waals surface area (Å²) in [6.45, 7) is 9.42. The average molecular weight is 277 g/mol. The molecule has 0 spiro atoms. The fourth-order valence-corrected chi connectivity index (χ4v) is 2.03. The molecule has 1 aromatic rings. The van der Waals surface area contributed by atoms with Crippen LogP contribution in [0.15, 0.2) is 18.3 Å². The van der Waals surface area contributed by atoms with E-state index in [1.807, 2.05) is 39.8 Å². The molecule has 108 valence electrons. The van der Waals surface area contributed by atoms with Crippen LogP contribution in [0.3, 0.4) is 0 Å². The summed E-state index contributed by atoms with van der Waals surface area (Å²) in [6, 6.07) is 3.78. The highest BCUT2D eigenvalue weighted by Gasteiger charge is 2.51. The molecule has 0 bridgehead atoms. The minimum atomic E-state index is -0.381. The summed E-state index contributed by atoms with van der Waals surface area (Å²) >= 11 is 0. The second-order valence-corrected chi connectivity index (χ2v) is 6.30. The summed E-state index contributed by atoms with van der Waals surface area (Å²) in [5, 5.41) is 0. The van der Waals surface area contributed by atoms with Crippen LogP contribution in [0, 0.1) is 0 Å². The first-order chi connectivity index (χ1) is 9.37. The van der Waals surface area contributed by atoms with Gasteiger partial charge in [-0.2, -0.15) is 0 Å². The summed E-state index contributed by atoms with van der Waals surface area (Å²) in [6.07, 6.45) is 1.88. The van der Waals surface area contributed by atoms with Crippen molar-refractivity contribution in [3.8, 4) is 5.88 Å². The molecule has 3 heterocycles. The van der Waals surface area contributed by atoms with E-state index in [-0.39, 0.29) is 24.4 Å². The highest BCUT2D eigenvalue weighted by molar-refractivity contribution is 6.62. The van der Waals surface area contributed by atoms with E-state index in [1.165, 1.54) is 0 Å². The Morgan fingerprint density at radius 2 is 1.80 bits per heavy atom. The Bertz CT molecular complexity index is 468. The van der Waals surface area contributed by atoms with E-state index in [0.717, 1.165) is 5.46 Å². The van der Waals surface area contributed by atoms with Crippen molar-refractivity contribution in [3.05, 3.63) is 18.3 Å². The van der Waals surface area contributed by atoms with E-state index >= 15 is 0 Å². The second kappa shape index (κ2) is 4.72. The quantitative estimate of drug-likeness (QED) is 0.776. The van der Waals surface area contributed by atoms with Crippen molar-refractivity contribution in [2.75, 3.05) is 13.2 Å². The first kappa shape index (κ1) is 13.9. The maximum absolute atomic E-state index is 5.98. The third-order valence-corrected chi connectivity index (χ3v) is 4.18. The van der Waals surface area contributed by atoms with Crippen LogP contribution in [0.25, 0.3) is 0 Å². The highest BCUT2D eigenvalue weighted by Crippen LogP contribution is 2.36. The first-order valence-corrected chi connectivity index (χ1v) is 6.93. The van der Waals surface area contributed by atoms with E-state index < -0.39 is 0 Å². The van der Waals surface area contributed by atoms with Gasteiger partial charge in [0.2, 0.25) is 5.88 Å². The maximum Gasteiger partial charge on any atom is 0.496 e. The molecule has 0 aliphatic carbocycles. The SMILES string of the molecule is CC1(C)OB(c2ccc(OC3COC3)nc2)OC1(C)C.